The van der Waals surface area contributed by atoms with E-state index in [0.29, 0.717) is 5.92 Å². The zero-order valence-corrected chi connectivity index (χ0v) is 14.9. The number of rotatable bonds is 7. The van der Waals surface area contributed by atoms with Gasteiger partial charge in [-0.1, -0.05) is 32.9 Å². The molecule has 1 heterocycles. The van der Waals surface area contributed by atoms with E-state index in [4.69, 9.17) is 4.98 Å². The third kappa shape index (κ3) is 4.31. The predicted octanol–water partition coefficient (Wildman–Crippen LogP) is 5.16. The molecule has 0 bridgehead atoms. The van der Waals surface area contributed by atoms with Crippen LogP contribution in [-0.2, 0) is 6.54 Å². The van der Waals surface area contributed by atoms with E-state index in [1.807, 2.05) is 11.3 Å². The highest BCUT2D eigenvalue weighted by molar-refractivity contribution is 7.98. The summed E-state index contributed by atoms with van der Waals surface area (Å²) in [7, 11) is 0. The molecule has 0 aliphatic carbocycles. The van der Waals surface area contributed by atoms with Gasteiger partial charge in [0.2, 0.25) is 0 Å². The second-order valence-corrected chi connectivity index (χ2v) is 7.35. The first-order valence-corrected chi connectivity index (χ1v) is 9.54. The van der Waals surface area contributed by atoms with Crippen molar-refractivity contribution in [3.8, 4) is 10.6 Å². The van der Waals surface area contributed by atoms with Crippen LogP contribution in [0.2, 0.25) is 0 Å². The molecule has 2 rings (SSSR count). The Bertz CT molecular complexity index is 559. The maximum atomic E-state index is 4.89. The number of thioether (sulfide) groups is 1. The van der Waals surface area contributed by atoms with Crippen LogP contribution < -0.4 is 5.32 Å². The molecule has 4 heteroatoms. The van der Waals surface area contributed by atoms with Gasteiger partial charge in [-0.05, 0) is 37.3 Å². The number of hydrogen-bond donors (Lipinski definition) is 1. The molecule has 0 saturated carbocycles. The van der Waals surface area contributed by atoms with Gasteiger partial charge in [0.15, 0.2) is 0 Å². The highest BCUT2D eigenvalue weighted by Crippen LogP contribution is 2.32. The summed E-state index contributed by atoms with van der Waals surface area (Å²) in [4.78, 5) is 7.56. The first-order valence-electron chi connectivity index (χ1n) is 7.50. The zero-order chi connectivity index (χ0) is 15.2. The molecule has 1 aromatic heterocycles. The van der Waals surface area contributed by atoms with Gasteiger partial charge in [0.25, 0.3) is 0 Å². The summed E-state index contributed by atoms with van der Waals surface area (Å²) >= 11 is 3.60. The van der Waals surface area contributed by atoms with Crippen molar-refractivity contribution in [3.63, 3.8) is 0 Å². The summed E-state index contributed by atoms with van der Waals surface area (Å²) in [5, 5.41) is 4.64. The van der Waals surface area contributed by atoms with Crippen molar-refractivity contribution >= 4 is 23.1 Å². The highest BCUT2D eigenvalue weighted by Gasteiger charge is 2.14. The van der Waals surface area contributed by atoms with E-state index in [0.717, 1.165) is 18.1 Å². The smallest absolute Gasteiger partial charge is 0.123 e. The van der Waals surface area contributed by atoms with E-state index in [2.05, 4.69) is 56.6 Å². The van der Waals surface area contributed by atoms with Crippen molar-refractivity contribution in [1.82, 2.24) is 10.3 Å². The molecule has 114 valence electrons. The Balaban J connectivity index is 2.24. The maximum Gasteiger partial charge on any atom is 0.123 e. The molecule has 0 aliphatic heterocycles. The summed E-state index contributed by atoms with van der Waals surface area (Å²) in [6.07, 6.45) is 3.27. The first kappa shape index (κ1) is 16.5. The van der Waals surface area contributed by atoms with Crippen LogP contribution in [0.3, 0.4) is 0 Å². The van der Waals surface area contributed by atoms with Crippen molar-refractivity contribution in [2.24, 2.45) is 0 Å². The minimum absolute atomic E-state index is 0.471. The van der Waals surface area contributed by atoms with E-state index in [-0.39, 0.29) is 0 Å². The number of nitrogens with zero attached hydrogens (tertiary/aromatic N) is 1. The normalized spacial score (nSPS) is 11.3. The van der Waals surface area contributed by atoms with Crippen LogP contribution in [0, 0.1) is 0 Å². The van der Waals surface area contributed by atoms with Crippen LogP contribution in [0.25, 0.3) is 10.6 Å². The number of aromatic nitrogens is 1. The quantitative estimate of drug-likeness (QED) is 0.564. The second-order valence-electron chi connectivity index (χ2n) is 5.39. The lowest BCUT2D eigenvalue weighted by atomic mass is 10.1. The van der Waals surface area contributed by atoms with Crippen LogP contribution >= 0.6 is 23.1 Å². The van der Waals surface area contributed by atoms with Gasteiger partial charge in [0.1, 0.15) is 5.01 Å². The summed E-state index contributed by atoms with van der Waals surface area (Å²) in [6.45, 7) is 8.63. The molecule has 21 heavy (non-hydrogen) atoms. The van der Waals surface area contributed by atoms with Crippen LogP contribution in [0.4, 0.5) is 0 Å². The first-order chi connectivity index (χ1) is 10.2. The minimum atomic E-state index is 0.471. The van der Waals surface area contributed by atoms with Gasteiger partial charge in [-0.2, -0.15) is 0 Å². The summed E-state index contributed by atoms with van der Waals surface area (Å²) in [5.74, 6) is 0.471. The van der Waals surface area contributed by atoms with Crippen molar-refractivity contribution in [2.45, 2.75) is 44.6 Å². The second kappa shape index (κ2) is 7.97. The molecule has 0 atom stereocenters. The monoisotopic (exact) mass is 320 g/mol. The lowest BCUT2D eigenvalue weighted by Crippen LogP contribution is -2.14. The van der Waals surface area contributed by atoms with Gasteiger partial charge < -0.3 is 5.32 Å². The van der Waals surface area contributed by atoms with Gasteiger partial charge >= 0.3 is 0 Å². The molecule has 0 unspecified atom stereocenters. The summed E-state index contributed by atoms with van der Waals surface area (Å²) in [5.41, 5.74) is 2.47. The zero-order valence-electron chi connectivity index (χ0n) is 13.3. The Morgan fingerprint density at radius 2 is 1.95 bits per heavy atom. The molecule has 0 radical (unpaired) electrons. The Kier molecular flexibility index (Phi) is 6.27. The van der Waals surface area contributed by atoms with Crippen molar-refractivity contribution in [2.75, 3.05) is 12.8 Å². The maximum absolute atomic E-state index is 4.89. The molecular formula is C17H24N2S2. The lowest BCUT2D eigenvalue weighted by molar-refractivity contribution is 0.670. The molecule has 2 aromatic rings. The fourth-order valence-corrected chi connectivity index (χ4v) is 3.78. The molecule has 1 aromatic carbocycles. The van der Waals surface area contributed by atoms with Crippen LogP contribution in [0.15, 0.2) is 29.2 Å². The van der Waals surface area contributed by atoms with Crippen molar-refractivity contribution in [1.29, 1.82) is 0 Å². The largest absolute Gasteiger partial charge is 0.312 e. The third-order valence-corrected chi connectivity index (χ3v) is 5.19. The number of thiazole rings is 1. The predicted molar refractivity (Wildman–Crippen MR) is 95.4 cm³/mol. The van der Waals surface area contributed by atoms with Crippen molar-refractivity contribution < 1.29 is 0 Å². The molecule has 0 aliphatic rings. The fourth-order valence-electron chi connectivity index (χ4n) is 2.18. The number of benzene rings is 1. The van der Waals surface area contributed by atoms with E-state index >= 15 is 0 Å². The summed E-state index contributed by atoms with van der Waals surface area (Å²) < 4.78 is 0. The molecule has 0 saturated heterocycles. The minimum Gasteiger partial charge on any atom is -0.312 e. The Morgan fingerprint density at radius 1 is 1.24 bits per heavy atom. The standard InChI is InChI=1S/C17H24N2S2/c1-5-10-18-11-15-16(12(2)3)19-17(21-15)13-6-8-14(20-4)9-7-13/h6-9,12,18H,5,10-11H2,1-4H3. The average molecular weight is 321 g/mol. The number of hydrogen-bond acceptors (Lipinski definition) is 4. The Morgan fingerprint density at radius 3 is 2.52 bits per heavy atom. The Hall–Kier alpha value is -0.840. The van der Waals surface area contributed by atoms with Crippen LogP contribution in [-0.4, -0.2) is 17.8 Å². The molecular weight excluding hydrogens is 296 g/mol. The van der Waals surface area contributed by atoms with Gasteiger partial charge in [0.05, 0.1) is 5.69 Å². The molecule has 1 N–H and O–H groups in total. The van der Waals surface area contributed by atoms with Gasteiger partial charge in [0, 0.05) is 21.9 Å². The van der Waals surface area contributed by atoms with Gasteiger partial charge in [-0.3, -0.25) is 0 Å². The van der Waals surface area contributed by atoms with E-state index in [9.17, 15) is 0 Å². The molecule has 0 fully saturated rings. The average Bonchev–Trinajstić information content (AvgIpc) is 2.92. The topological polar surface area (TPSA) is 24.9 Å². The summed E-state index contributed by atoms with van der Waals surface area (Å²) in [6, 6.07) is 8.70. The van der Waals surface area contributed by atoms with Gasteiger partial charge in [-0.15, -0.1) is 23.1 Å². The molecule has 0 amide bonds. The third-order valence-electron chi connectivity index (χ3n) is 3.32. The number of nitrogens with one attached hydrogen (secondary N) is 1. The van der Waals surface area contributed by atoms with E-state index in [1.54, 1.807) is 11.8 Å². The van der Waals surface area contributed by atoms with E-state index < -0.39 is 0 Å². The van der Waals surface area contributed by atoms with Crippen LogP contribution in [0.1, 0.15) is 43.7 Å². The fraction of sp³-hybridized carbons (Fsp3) is 0.471. The highest BCUT2D eigenvalue weighted by atomic mass is 32.2. The lowest BCUT2D eigenvalue weighted by Gasteiger charge is -2.05. The van der Waals surface area contributed by atoms with E-state index in [1.165, 1.54) is 27.5 Å². The SMILES string of the molecule is CCCNCc1sc(-c2ccc(SC)cc2)nc1C(C)C. The molecule has 0 spiro atoms. The Labute approximate surface area is 136 Å². The van der Waals surface area contributed by atoms with Crippen LogP contribution in [0.5, 0.6) is 0 Å². The van der Waals surface area contributed by atoms with Crippen molar-refractivity contribution in [3.05, 3.63) is 34.8 Å². The molecule has 2 nitrogen and oxygen atoms in total. The van der Waals surface area contributed by atoms with Gasteiger partial charge in [-0.25, -0.2) is 4.98 Å².